The summed E-state index contributed by atoms with van der Waals surface area (Å²) >= 11 is 0. The first-order valence-electron chi connectivity index (χ1n) is 8.78. The molecule has 0 saturated carbocycles. The summed E-state index contributed by atoms with van der Waals surface area (Å²) in [5.74, 6) is 1.97. The average molecular weight is 338 g/mol. The zero-order valence-electron chi connectivity index (χ0n) is 14.5. The molecule has 1 aromatic carbocycles. The van der Waals surface area contributed by atoms with E-state index in [2.05, 4.69) is 11.1 Å². The monoisotopic (exact) mass is 338 g/mol. The fourth-order valence-electron chi connectivity index (χ4n) is 3.53. The quantitative estimate of drug-likeness (QED) is 0.839. The molecule has 4 rings (SSSR count). The number of likely N-dealkylation sites (N-methyl/N-ethyl adjacent to an activating group) is 1. The first-order valence-corrected chi connectivity index (χ1v) is 8.78. The third-order valence-electron chi connectivity index (χ3n) is 5.00. The fourth-order valence-corrected chi connectivity index (χ4v) is 3.53. The van der Waals surface area contributed by atoms with Crippen LogP contribution in [0.1, 0.15) is 22.3 Å². The maximum Gasteiger partial charge on any atom is 0.226 e. The van der Waals surface area contributed by atoms with Crippen molar-refractivity contribution in [1.82, 2.24) is 9.88 Å². The number of hydrogen-bond acceptors (Lipinski definition) is 4. The predicted molar refractivity (Wildman–Crippen MR) is 94.1 cm³/mol. The van der Waals surface area contributed by atoms with Gasteiger partial charge < -0.3 is 14.4 Å². The molecule has 2 aromatic rings. The van der Waals surface area contributed by atoms with E-state index in [1.807, 2.05) is 19.2 Å². The second kappa shape index (κ2) is 6.75. The average Bonchev–Trinajstić information content (AvgIpc) is 3.29. The fraction of sp³-hybridized carbons (Fsp3) is 0.400. The summed E-state index contributed by atoms with van der Waals surface area (Å²) in [6.45, 7) is 2.08. The summed E-state index contributed by atoms with van der Waals surface area (Å²) in [7, 11) is 1.87. The summed E-state index contributed by atoms with van der Waals surface area (Å²) in [6, 6.07) is 6.06. The maximum absolute atomic E-state index is 12.8. The highest BCUT2D eigenvalue weighted by Gasteiger charge is 2.28. The second-order valence-corrected chi connectivity index (χ2v) is 6.61. The third-order valence-corrected chi connectivity index (χ3v) is 5.00. The Bertz CT molecular complexity index is 757. The third kappa shape index (κ3) is 3.18. The molecule has 0 aliphatic carbocycles. The molecule has 130 valence electrons. The Morgan fingerprint density at radius 1 is 1.20 bits per heavy atom. The Hall–Kier alpha value is -2.56. The molecule has 0 N–H and O–H groups in total. The molecule has 0 atom stereocenters. The van der Waals surface area contributed by atoms with Gasteiger partial charge in [0, 0.05) is 55.5 Å². The van der Waals surface area contributed by atoms with Gasteiger partial charge in [-0.25, -0.2) is 0 Å². The topological polar surface area (TPSA) is 51.7 Å². The number of fused-ring (bicyclic) bond motifs is 2. The van der Waals surface area contributed by atoms with Crippen LogP contribution in [0.5, 0.6) is 11.5 Å². The molecule has 3 heterocycles. The first-order chi connectivity index (χ1) is 12.2. The van der Waals surface area contributed by atoms with Crippen molar-refractivity contribution in [3.63, 3.8) is 0 Å². The van der Waals surface area contributed by atoms with Crippen molar-refractivity contribution in [2.45, 2.75) is 25.7 Å². The smallest absolute Gasteiger partial charge is 0.226 e. The molecule has 25 heavy (non-hydrogen) atoms. The Labute approximate surface area is 147 Å². The molecular formula is C20H22N2O3. The highest BCUT2D eigenvalue weighted by molar-refractivity contribution is 5.80. The van der Waals surface area contributed by atoms with Crippen LogP contribution in [0, 0.1) is 0 Å². The summed E-state index contributed by atoms with van der Waals surface area (Å²) in [6.07, 6.45) is 6.52. The molecular weight excluding hydrogens is 316 g/mol. The van der Waals surface area contributed by atoms with Crippen molar-refractivity contribution in [2.24, 2.45) is 0 Å². The van der Waals surface area contributed by atoms with Crippen LogP contribution < -0.4 is 9.47 Å². The van der Waals surface area contributed by atoms with Crippen LogP contribution in [0.25, 0.3) is 0 Å². The van der Waals surface area contributed by atoms with E-state index in [0.717, 1.165) is 41.9 Å². The Balaban J connectivity index is 1.48. The highest BCUT2D eigenvalue weighted by Crippen LogP contribution is 2.40. The van der Waals surface area contributed by atoms with Crippen molar-refractivity contribution in [3.8, 4) is 11.5 Å². The molecule has 0 spiro atoms. The van der Waals surface area contributed by atoms with Crippen LogP contribution in [0.3, 0.4) is 0 Å². The maximum atomic E-state index is 12.8. The number of benzene rings is 1. The van der Waals surface area contributed by atoms with Gasteiger partial charge >= 0.3 is 0 Å². The van der Waals surface area contributed by atoms with Crippen LogP contribution in [0.15, 0.2) is 30.6 Å². The molecule has 2 aliphatic rings. The van der Waals surface area contributed by atoms with E-state index < -0.39 is 0 Å². The lowest BCUT2D eigenvalue weighted by molar-refractivity contribution is -0.129. The van der Waals surface area contributed by atoms with Gasteiger partial charge in [0.15, 0.2) is 0 Å². The summed E-state index contributed by atoms with van der Waals surface area (Å²) in [5, 5.41) is 0. The van der Waals surface area contributed by atoms with Gasteiger partial charge in [-0.3, -0.25) is 9.78 Å². The van der Waals surface area contributed by atoms with Crippen molar-refractivity contribution in [2.75, 3.05) is 26.8 Å². The lowest BCUT2D eigenvalue weighted by atomic mass is 9.97. The van der Waals surface area contributed by atoms with E-state index in [0.29, 0.717) is 26.2 Å². The summed E-state index contributed by atoms with van der Waals surface area (Å²) in [4.78, 5) is 18.6. The minimum absolute atomic E-state index is 0.118. The van der Waals surface area contributed by atoms with Crippen molar-refractivity contribution < 1.29 is 14.3 Å². The van der Waals surface area contributed by atoms with Gasteiger partial charge in [0.2, 0.25) is 5.91 Å². The minimum Gasteiger partial charge on any atom is -0.493 e. The highest BCUT2D eigenvalue weighted by atomic mass is 16.5. The van der Waals surface area contributed by atoms with E-state index in [9.17, 15) is 4.79 Å². The van der Waals surface area contributed by atoms with Crippen molar-refractivity contribution in [1.29, 1.82) is 0 Å². The number of rotatable bonds is 5. The second-order valence-electron chi connectivity index (χ2n) is 6.61. The van der Waals surface area contributed by atoms with Crippen LogP contribution in [-0.2, 0) is 30.5 Å². The van der Waals surface area contributed by atoms with Crippen LogP contribution >= 0.6 is 0 Å². The molecule has 0 unspecified atom stereocenters. The number of hydrogen-bond donors (Lipinski definition) is 0. The SMILES string of the molecule is CN(CCc1ccncc1)C(=O)Cc1c2c(cc3c1OCC3)OCC2. The number of amides is 1. The van der Waals surface area contributed by atoms with Crippen molar-refractivity contribution >= 4 is 5.91 Å². The zero-order chi connectivity index (χ0) is 17.2. The Kier molecular flexibility index (Phi) is 4.30. The number of pyridine rings is 1. The first kappa shape index (κ1) is 15.9. The number of carbonyl (C=O) groups is 1. The van der Waals surface area contributed by atoms with Gasteiger partial charge in [-0.05, 0) is 30.2 Å². The lowest BCUT2D eigenvalue weighted by Gasteiger charge is -2.19. The number of aromatic nitrogens is 1. The largest absolute Gasteiger partial charge is 0.493 e. The zero-order valence-corrected chi connectivity index (χ0v) is 14.5. The van der Waals surface area contributed by atoms with E-state index in [-0.39, 0.29) is 5.91 Å². The molecule has 0 fully saturated rings. The van der Waals surface area contributed by atoms with Gasteiger partial charge in [0.25, 0.3) is 0 Å². The normalized spacial score (nSPS) is 14.4. The van der Waals surface area contributed by atoms with Crippen LogP contribution in [0.4, 0.5) is 0 Å². The summed E-state index contributed by atoms with van der Waals surface area (Å²) < 4.78 is 11.6. The van der Waals surface area contributed by atoms with Gasteiger partial charge in [0.05, 0.1) is 19.6 Å². The van der Waals surface area contributed by atoms with E-state index in [1.54, 1.807) is 17.3 Å². The molecule has 5 nitrogen and oxygen atoms in total. The van der Waals surface area contributed by atoms with Gasteiger partial charge in [-0.2, -0.15) is 0 Å². The van der Waals surface area contributed by atoms with Gasteiger partial charge in [0.1, 0.15) is 11.5 Å². The van der Waals surface area contributed by atoms with Gasteiger partial charge in [-0.15, -0.1) is 0 Å². The van der Waals surface area contributed by atoms with Crippen molar-refractivity contribution in [3.05, 3.63) is 52.8 Å². The molecule has 0 saturated heterocycles. The number of ether oxygens (including phenoxy) is 2. The molecule has 0 radical (unpaired) electrons. The van der Waals surface area contributed by atoms with E-state index in [1.165, 1.54) is 11.1 Å². The molecule has 2 aliphatic heterocycles. The Morgan fingerprint density at radius 2 is 2.00 bits per heavy atom. The Morgan fingerprint density at radius 3 is 2.84 bits per heavy atom. The van der Waals surface area contributed by atoms with Crippen LogP contribution in [0.2, 0.25) is 0 Å². The summed E-state index contributed by atoms with van der Waals surface area (Å²) in [5.41, 5.74) is 4.54. The number of nitrogens with zero attached hydrogens (tertiary/aromatic N) is 2. The van der Waals surface area contributed by atoms with E-state index in [4.69, 9.17) is 9.47 Å². The molecule has 0 bridgehead atoms. The molecule has 5 heteroatoms. The minimum atomic E-state index is 0.118. The molecule has 1 amide bonds. The lowest BCUT2D eigenvalue weighted by Crippen LogP contribution is -2.30. The molecule has 1 aromatic heterocycles. The van der Waals surface area contributed by atoms with Gasteiger partial charge in [-0.1, -0.05) is 0 Å². The predicted octanol–water partition coefficient (Wildman–Crippen LogP) is 2.20. The van der Waals surface area contributed by atoms with E-state index >= 15 is 0 Å². The standard InChI is InChI=1S/C20H22N2O3/c1-22(9-4-14-2-7-21-8-3-14)19(23)13-17-16-6-11-24-18(16)12-15-5-10-25-20(15)17/h2-3,7-8,12H,4-6,9-11,13H2,1H3. The van der Waals surface area contributed by atoms with Crippen LogP contribution in [-0.4, -0.2) is 42.6 Å². The number of carbonyl (C=O) groups excluding carboxylic acids is 1.